The quantitative estimate of drug-likeness (QED) is 0.457. The molecule has 0 saturated carbocycles. The van der Waals surface area contributed by atoms with Crippen molar-refractivity contribution in [1.29, 1.82) is 0 Å². The lowest BCUT2D eigenvalue weighted by Gasteiger charge is -2.36. The van der Waals surface area contributed by atoms with Crippen molar-refractivity contribution in [3.63, 3.8) is 0 Å². The number of allylic oxidation sites excluding steroid dienone is 2. The summed E-state index contributed by atoms with van der Waals surface area (Å²) >= 11 is 0. The van der Waals surface area contributed by atoms with Crippen LogP contribution in [0.25, 0.3) is 0 Å². The lowest BCUT2D eigenvalue weighted by molar-refractivity contribution is -0.151. The van der Waals surface area contributed by atoms with Gasteiger partial charge in [0.15, 0.2) is 0 Å². The first-order valence-electron chi connectivity index (χ1n) is 10.2. The zero-order chi connectivity index (χ0) is 23.1. The molecule has 1 aliphatic heterocycles. The van der Waals surface area contributed by atoms with E-state index in [0.717, 1.165) is 0 Å². The Hall–Kier alpha value is -3.29. The van der Waals surface area contributed by atoms with E-state index >= 15 is 0 Å². The predicted molar refractivity (Wildman–Crippen MR) is 114 cm³/mol. The molecule has 1 heterocycles. The van der Waals surface area contributed by atoms with E-state index in [1.807, 2.05) is 0 Å². The smallest absolute Gasteiger partial charge is 0.337 e. The molecule has 168 valence electrons. The Morgan fingerprint density at radius 1 is 0.806 bits per heavy atom. The minimum absolute atomic E-state index is 0.0461. The van der Waals surface area contributed by atoms with Crippen molar-refractivity contribution in [2.24, 2.45) is 5.92 Å². The molecule has 0 atom stereocenters. The van der Waals surface area contributed by atoms with Crippen LogP contribution in [-0.2, 0) is 28.6 Å². The van der Waals surface area contributed by atoms with Crippen molar-refractivity contribution in [3.05, 3.63) is 46.8 Å². The highest BCUT2D eigenvalue weighted by atomic mass is 16.5. The fraction of sp³-hybridized carbons (Fsp3) is 0.435. The van der Waals surface area contributed by atoms with Gasteiger partial charge in [0, 0.05) is 17.1 Å². The molecule has 0 unspecified atom stereocenters. The van der Waals surface area contributed by atoms with E-state index < -0.39 is 23.8 Å². The zero-order valence-corrected chi connectivity index (χ0v) is 18.8. The van der Waals surface area contributed by atoms with Crippen molar-refractivity contribution >= 4 is 23.6 Å². The highest BCUT2D eigenvalue weighted by Gasteiger charge is 2.44. The van der Waals surface area contributed by atoms with Crippen LogP contribution in [-0.4, -0.2) is 44.8 Å². The molecule has 8 nitrogen and oxygen atoms in total. The molecule has 2 rings (SSSR count). The highest BCUT2D eigenvalue weighted by Crippen LogP contribution is 2.40. The van der Waals surface area contributed by atoms with E-state index in [1.54, 1.807) is 70.9 Å². The third-order valence-corrected chi connectivity index (χ3v) is 4.87. The number of anilines is 1. The van der Waals surface area contributed by atoms with Crippen molar-refractivity contribution in [2.75, 3.05) is 31.8 Å². The maximum Gasteiger partial charge on any atom is 0.337 e. The van der Waals surface area contributed by atoms with Gasteiger partial charge in [-0.05, 0) is 58.9 Å². The molecule has 0 fully saturated rings. The van der Waals surface area contributed by atoms with Gasteiger partial charge in [-0.2, -0.15) is 0 Å². The monoisotopic (exact) mass is 431 g/mol. The summed E-state index contributed by atoms with van der Waals surface area (Å²) in [6.45, 7) is 8.74. The van der Waals surface area contributed by atoms with E-state index in [0.29, 0.717) is 22.8 Å². The number of hydrogen-bond donors (Lipinski definition) is 0. The standard InChI is InChI=1S/C23H29NO7/c1-7-29-21(25)18-14(4)24(16-10-12-17(28-6)13-11-16)15(5)19(22(26)30-8-2)20(18)23(27)31-9-3/h10-13,20H,7-9H2,1-6H3. The van der Waals surface area contributed by atoms with Gasteiger partial charge >= 0.3 is 17.9 Å². The van der Waals surface area contributed by atoms with Crippen LogP contribution in [0.1, 0.15) is 34.6 Å². The van der Waals surface area contributed by atoms with Gasteiger partial charge in [-0.3, -0.25) is 4.79 Å². The van der Waals surface area contributed by atoms with Crippen LogP contribution in [0.4, 0.5) is 5.69 Å². The average molecular weight is 431 g/mol. The largest absolute Gasteiger partial charge is 0.497 e. The number of ether oxygens (including phenoxy) is 4. The summed E-state index contributed by atoms with van der Waals surface area (Å²) < 4.78 is 20.9. The molecule has 0 spiro atoms. The Kier molecular flexibility index (Phi) is 8.24. The van der Waals surface area contributed by atoms with E-state index in [-0.39, 0.29) is 31.0 Å². The fourth-order valence-corrected chi connectivity index (χ4v) is 3.58. The Morgan fingerprint density at radius 2 is 1.26 bits per heavy atom. The molecule has 1 aliphatic rings. The fourth-order valence-electron chi connectivity index (χ4n) is 3.58. The topological polar surface area (TPSA) is 91.4 Å². The van der Waals surface area contributed by atoms with Gasteiger partial charge < -0.3 is 23.8 Å². The second-order valence-corrected chi connectivity index (χ2v) is 6.66. The molecule has 1 aromatic carbocycles. The second-order valence-electron chi connectivity index (χ2n) is 6.66. The molecule has 1 aromatic rings. The summed E-state index contributed by atoms with van der Waals surface area (Å²) in [5.41, 5.74) is 1.70. The SMILES string of the molecule is CCOC(=O)C1=C(C)N(c2ccc(OC)cc2)C(C)=C(C(=O)OCC)C1C(=O)OCC. The number of benzene rings is 1. The number of nitrogens with zero attached hydrogens (tertiary/aromatic N) is 1. The van der Waals surface area contributed by atoms with Gasteiger partial charge in [0.25, 0.3) is 0 Å². The van der Waals surface area contributed by atoms with Gasteiger partial charge in [-0.25, -0.2) is 9.59 Å². The summed E-state index contributed by atoms with van der Waals surface area (Å²) in [7, 11) is 1.56. The van der Waals surface area contributed by atoms with Crippen LogP contribution in [0.5, 0.6) is 5.75 Å². The normalized spacial score (nSPS) is 14.5. The molecule has 0 N–H and O–H groups in total. The summed E-state index contributed by atoms with van der Waals surface area (Å²) in [5, 5.41) is 0. The number of rotatable bonds is 8. The zero-order valence-electron chi connectivity index (χ0n) is 18.8. The number of hydrogen-bond acceptors (Lipinski definition) is 8. The van der Waals surface area contributed by atoms with Gasteiger partial charge in [-0.1, -0.05) is 0 Å². The maximum atomic E-state index is 12.9. The third kappa shape index (κ3) is 4.90. The van der Waals surface area contributed by atoms with Crippen LogP contribution in [0, 0.1) is 5.92 Å². The Balaban J connectivity index is 2.77. The molecule has 0 bridgehead atoms. The van der Waals surface area contributed by atoms with E-state index in [4.69, 9.17) is 18.9 Å². The summed E-state index contributed by atoms with van der Waals surface area (Å²) in [6.07, 6.45) is 0. The summed E-state index contributed by atoms with van der Waals surface area (Å²) in [4.78, 5) is 40.5. The number of carbonyl (C=O) groups is 3. The number of methoxy groups -OCH3 is 1. The van der Waals surface area contributed by atoms with Crippen molar-refractivity contribution < 1.29 is 33.3 Å². The minimum atomic E-state index is -1.24. The molecule has 0 aliphatic carbocycles. The first-order chi connectivity index (χ1) is 14.8. The van der Waals surface area contributed by atoms with Crippen LogP contribution in [0.2, 0.25) is 0 Å². The molecule has 0 saturated heterocycles. The Morgan fingerprint density at radius 3 is 1.65 bits per heavy atom. The lowest BCUT2D eigenvalue weighted by Crippen LogP contribution is -2.40. The van der Waals surface area contributed by atoms with Crippen LogP contribution in [0.15, 0.2) is 46.8 Å². The van der Waals surface area contributed by atoms with Crippen LogP contribution in [0.3, 0.4) is 0 Å². The molecule has 8 heteroatoms. The predicted octanol–water partition coefficient (Wildman–Crippen LogP) is 3.37. The third-order valence-electron chi connectivity index (χ3n) is 4.87. The van der Waals surface area contributed by atoms with Crippen LogP contribution >= 0.6 is 0 Å². The van der Waals surface area contributed by atoms with Gasteiger partial charge in [0.2, 0.25) is 0 Å². The van der Waals surface area contributed by atoms with Crippen molar-refractivity contribution in [1.82, 2.24) is 0 Å². The first-order valence-corrected chi connectivity index (χ1v) is 10.2. The summed E-state index contributed by atoms with van der Waals surface area (Å²) in [5.74, 6) is -2.67. The average Bonchev–Trinajstić information content (AvgIpc) is 2.74. The molecular formula is C23H29NO7. The molecular weight excluding hydrogens is 402 g/mol. The van der Waals surface area contributed by atoms with E-state index in [1.165, 1.54) is 0 Å². The molecule has 31 heavy (non-hydrogen) atoms. The van der Waals surface area contributed by atoms with Gasteiger partial charge in [0.05, 0.1) is 38.1 Å². The maximum absolute atomic E-state index is 12.9. The number of carbonyl (C=O) groups excluding carboxylic acids is 3. The second kappa shape index (κ2) is 10.7. The van der Waals surface area contributed by atoms with E-state index in [2.05, 4.69) is 0 Å². The highest BCUT2D eigenvalue weighted by molar-refractivity contribution is 6.07. The van der Waals surface area contributed by atoms with Crippen molar-refractivity contribution in [2.45, 2.75) is 34.6 Å². The lowest BCUT2D eigenvalue weighted by atomic mass is 9.84. The van der Waals surface area contributed by atoms with Crippen LogP contribution < -0.4 is 9.64 Å². The first kappa shape index (κ1) is 24.0. The van der Waals surface area contributed by atoms with Gasteiger partial charge in [-0.15, -0.1) is 0 Å². The Labute approximate surface area is 182 Å². The number of esters is 3. The Bertz CT molecular complexity index is 857. The summed E-state index contributed by atoms with van der Waals surface area (Å²) in [6, 6.07) is 7.12. The molecule has 0 radical (unpaired) electrons. The van der Waals surface area contributed by atoms with Crippen molar-refractivity contribution in [3.8, 4) is 5.75 Å². The van der Waals surface area contributed by atoms with E-state index in [9.17, 15) is 14.4 Å². The molecule has 0 aromatic heterocycles. The minimum Gasteiger partial charge on any atom is -0.497 e. The molecule has 0 amide bonds. The van der Waals surface area contributed by atoms with Gasteiger partial charge in [0.1, 0.15) is 11.7 Å².